The van der Waals surface area contributed by atoms with Crippen molar-refractivity contribution >= 4 is 11.8 Å². The molecule has 2 nitrogen and oxygen atoms in total. The summed E-state index contributed by atoms with van der Waals surface area (Å²) in [4.78, 5) is 2.52. The second-order valence-electron chi connectivity index (χ2n) is 4.78. The summed E-state index contributed by atoms with van der Waals surface area (Å²) in [6, 6.07) is 0.459. The summed E-state index contributed by atoms with van der Waals surface area (Å²) in [6.45, 7) is 6.93. The van der Waals surface area contributed by atoms with Crippen molar-refractivity contribution in [2.24, 2.45) is 0 Å². The lowest BCUT2D eigenvalue weighted by atomic mass is 10.1. The van der Waals surface area contributed by atoms with Crippen LogP contribution in [0.4, 0.5) is 0 Å². The highest BCUT2D eigenvalue weighted by molar-refractivity contribution is 8.00. The maximum absolute atomic E-state index is 9.87. The van der Waals surface area contributed by atoms with Gasteiger partial charge >= 0.3 is 0 Å². The van der Waals surface area contributed by atoms with Crippen LogP contribution in [-0.2, 0) is 0 Å². The van der Waals surface area contributed by atoms with Crippen LogP contribution in [0, 0.1) is 0 Å². The van der Waals surface area contributed by atoms with Crippen LogP contribution in [0.2, 0.25) is 0 Å². The van der Waals surface area contributed by atoms with Crippen molar-refractivity contribution in [3.63, 3.8) is 0 Å². The Balaban J connectivity index is 1.95. The minimum atomic E-state index is -0.0579. The van der Waals surface area contributed by atoms with Crippen LogP contribution < -0.4 is 0 Å². The van der Waals surface area contributed by atoms with Crippen LogP contribution >= 0.6 is 11.8 Å². The maximum atomic E-state index is 9.87. The van der Waals surface area contributed by atoms with Crippen LogP contribution in [0.3, 0.4) is 0 Å². The van der Waals surface area contributed by atoms with Crippen molar-refractivity contribution in [2.75, 3.05) is 13.1 Å². The molecule has 3 heteroatoms. The first-order valence-electron chi connectivity index (χ1n) is 5.74. The van der Waals surface area contributed by atoms with Gasteiger partial charge in [-0.1, -0.05) is 13.8 Å². The zero-order valence-corrected chi connectivity index (χ0v) is 9.96. The summed E-state index contributed by atoms with van der Waals surface area (Å²) in [5.74, 6) is 0. The number of hydrogen-bond donors (Lipinski definition) is 1. The molecular weight excluding hydrogens is 194 g/mol. The van der Waals surface area contributed by atoms with Crippen molar-refractivity contribution in [2.45, 2.75) is 55.8 Å². The van der Waals surface area contributed by atoms with E-state index in [4.69, 9.17) is 0 Å². The quantitative estimate of drug-likeness (QED) is 0.720. The number of aliphatic hydroxyl groups is 1. The average Bonchev–Trinajstić information content (AvgIpc) is 2.49. The third kappa shape index (κ3) is 2.26. The fourth-order valence-corrected chi connectivity index (χ4v) is 4.18. The molecule has 0 radical (unpaired) electrons. The number of hydrogen-bond acceptors (Lipinski definition) is 3. The monoisotopic (exact) mass is 215 g/mol. The van der Waals surface area contributed by atoms with E-state index in [1.54, 1.807) is 0 Å². The third-order valence-electron chi connectivity index (χ3n) is 3.36. The summed E-state index contributed by atoms with van der Waals surface area (Å²) >= 11 is 2.08. The Kier molecular flexibility index (Phi) is 3.40. The lowest BCUT2D eigenvalue weighted by molar-refractivity contribution is 0.0698. The van der Waals surface area contributed by atoms with Gasteiger partial charge in [0.1, 0.15) is 0 Å². The molecule has 0 aromatic carbocycles. The highest BCUT2D eigenvalue weighted by Gasteiger charge is 2.34. The molecule has 0 aromatic heterocycles. The lowest BCUT2D eigenvalue weighted by Gasteiger charge is -2.39. The molecule has 2 rings (SSSR count). The average molecular weight is 215 g/mol. The van der Waals surface area contributed by atoms with E-state index in [2.05, 4.69) is 30.5 Å². The molecule has 1 saturated heterocycles. The minimum Gasteiger partial charge on any atom is -0.391 e. The van der Waals surface area contributed by atoms with Gasteiger partial charge in [0.2, 0.25) is 0 Å². The Labute approximate surface area is 91.1 Å². The SMILES string of the molecule is CC1CN([C@@H]2CCC[C@H]2O)CC(C)S1. The highest BCUT2D eigenvalue weighted by Crippen LogP contribution is 2.31. The molecule has 14 heavy (non-hydrogen) atoms. The van der Waals surface area contributed by atoms with E-state index in [0.29, 0.717) is 6.04 Å². The van der Waals surface area contributed by atoms with Crippen molar-refractivity contribution in [3.05, 3.63) is 0 Å². The van der Waals surface area contributed by atoms with Crippen LogP contribution in [-0.4, -0.2) is 45.7 Å². The van der Waals surface area contributed by atoms with Gasteiger partial charge in [0.05, 0.1) is 6.10 Å². The molecular formula is C11H21NOS. The Morgan fingerprint density at radius 1 is 1.14 bits per heavy atom. The fraction of sp³-hybridized carbons (Fsp3) is 1.00. The van der Waals surface area contributed by atoms with Gasteiger partial charge < -0.3 is 5.11 Å². The van der Waals surface area contributed by atoms with Gasteiger partial charge in [-0.3, -0.25) is 4.90 Å². The molecule has 0 bridgehead atoms. The van der Waals surface area contributed by atoms with Gasteiger partial charge in [-0.05, 0) is 19.3 Å². The van der Waals surface area contributed by atoms with Gasteiger partial charge in [-0.25, -0.2) is 0 Å². The zero-order valence-electron chi connectivity index (χ0n) is 9.15. The normalized spacial score (nSPS) is 45.6. The van der Waals surface area contributed by atoms with E-state index in [1.807, 2.05) is 0 Å². The fourth-order valence-electron chi connectivity index (χ4n) is 2.84. The summed E-state index contributed by atoms with van der Waals surface area (Å²) in [6.07, 6.45) is 3.36. The van der Waals surface area contributed by atoms with Crippen LogP contribution in [0.5, 0.6) is 0 Å². The molecule has 4 atom stereocenters. The molecule has 2 unspecified atom stereocenters. The molecule has 2 aliphatic rings. The summed E-state index contributed by atoms with van der Waals surface area (Å²) in [5, 5.41) is 11.3. The minimum absolute atomic E-state index is 0.0579. The molecule has 2 fully saturated rings. The lowest BCUT2D eigenvalue weighted by Crippen LogP contribution is -2.49. The van der Waals surface area contributed by atoms with Crippen molar-refractivity contribution in [1.29, 1.82) is 0 Å². The molecule has 1 aliphatic carbocycles. The molecule has 0 amide bonds. The largest absolute Gasteiger partial charge is 0.391 e. The standard InChI is InChI=1S/C11H21NOS/c1-8-6-12(7-9(2)14-8)10-4-3-5-11(10)13/h8-11,13H,3-7H2,1-2H3/t8?,9?,10-,11-/m1/s1. The summed E-state index contributed by atoms with van der Waals surface area (Å²) in [5.41, 5.74) is 0. The van der Waals surface area contributed by atoms with Crippen molar-refractivity contribution < 1.29 is 5.11 Å². The predicted molar refractivity (Wildman–Crippen MR) is 61.7 cm³/mol. The van der Waals surface area contributed by atoms with Gasteiger partial charge in [-0.15, -0.1) is 0 Å². The molecule has 1 N–H and O–H groups in total. The van der Waals surface area contributed by atoms with Gasteiger partial charge in [-0.2, -0.15) is 11.8 Å². The van der Waals surface area contributed by atoms with Crippen molar-refractivity contribution in [3.8, 4) is 0 Å². The molecule has 1 saturated carbocycles. The van der Waals surface area contributed by atoms with E-state index in [-0.39, 0.29) is 6.10 Å². The van der Waals surface area contributed by atoms with E-state index < -0.39 is 0 Å². The number of rotatable bonds is 1. The van der Waals surface area contributed by atoms with E-state index in [9.17, 15) is 5.11 Å². The van der Waals surface area contributed by atoms with Crippen LogP contribution in [0.1, 0.15) is 33.1 Å². The Bertz CT molecular complexity index is 190. The van der Waals surface area contributed by atoms with E-state index >= 15 is 0 Å². The Morgan fingerprint density at radius 3 is 2.29 bits per heavy atom. The first-order chi connectivity index (χ1) is 6.66. The third-order valence-corrected chi connectivity index (χ3v) is 4.59. The Hall–Kier alpha value is 0.270. The Morgan fingerprint density at radius 2 is 1.79 bits per heavy atom. The summed E-state index contributed by atoms with van der Waals surface area (Å²) < 4.78 is 0. The second kappa shape index (κ2) is 4.42. The first kappa shape index (κ1) is 10.8. The number of aliphatic hydroxyl groups excluding tert-OH is 1. The molecule has 0 aromatic rings. The topological polar surface area (TPSA) is 23.5 Å². The first-order valence-corrected chi connectivity index (χ1v) is 6.68. The summed E-state index contributed by atoms with van der Waals surface area (Å²) in [7, 11) is 0. The molecule has 1 aliphatic heterocycles. The van der Waals surface area contributed by atoms with E-state index in [1.165, 1.54) is 12.8 Å². The van der Waals surface area contributed by atoms with Crippen LogP contribution in [0.25, 0.3) is 0 Å². The van der Waals surface area contributed by atoms with Crippen LogP contribution in [0.15, 0.2) is 0 Å². The molecule has 82 valence electrons. The van der Waals surface area contributed by atoms with Crippen molar-refractivity contribution in [1.82, 2.24) is 4.90 Å². The van der Waals surface area contributed by atoms with Gasteiger partial charge in [0.15, 0.2) is 0 Å². The highest BCUT2D eigenvalue weighted by atomic mass is 32.2. The second-order valence-corrected chi connectivity index (χ2v) is 6.66. The molecule has 0 spiro atoms. The maximum Gasteiger partial charge on any atom is 0.0695 e. The van der Waals surface area contributed by atoms with Gasteiger partial charge in [0.25, 0.3) is 0 Å². The smallest absolute Gasteiger partial charge is 0.0695 e. The number of thioether (sulfide) groups is 1. The van der Waals surface area contributed by atoms with E-state index in [0.717, 1.165) is 30.0 Å². The zero-order chi connectivity index (χ0) is 10.1. The van der Waals surface area contributed by atoms with Gasteiger partial charge in [0, 0.05) is 29.6 Å². The number of nitrogens with zero attached hydrogens (tertiary/aromatic N) is 1. The molecule has 1 heterocycles. The predicted octanol–water partition coefficient (Wildman–Crippen LogP) is 1.73.